The highest BCUT2D eigenvalue weighted by Crippen LogP contribution is 2.23. The fraction of sp³-hybridized carbons (Fsp3) is 0.625. The Labute approximate surface area is 79.8 Å². The molecule has 0 bridgehead atoms. The van der Waals surface area contributed by atoms with Crippen LogP contribution < -0.4 is 0 Å². The van der Waals surface area contributed by atoms with Crippen LogP contribution in [0.4, 0.5) is 0 Å². The molecule has 0 radical (unpaired) electrons. The van der Waals surface area contributed by atoms with E-state index >= 15 is 0 Å². The van der Waals surface area contributed by atoms with Gasteiger partial charge in [0.05, 0.1) is 23.3 Å². The van der Waals surface area contributed by atoms with E-state index in [1.54, 1.807) is 0 Å². The molecule has 1 aliphatic heterocycles. The molecule has 4 heteroatoms. The van der Waals surface area contributed by atoms with Crippen LogP contribution in [0.25, 0.3) is 0 Å². The summed E-state index contributed by atoms with van der Waals surface area (Å²) in [5, 5.41) is 4.29. The van der Waals surface area contributed by atoms with Crippen LogP contribution in [0.1, 0.15) is 18.2 Å². The predicted molar refractivity (Wildman–Crippen MR) is 49.1 cm³/mol. The summed E-state index contributed by atoms with van der Waals surface area (Å²) in [6, 6.07) is 0.441. The summed E-state index contributed by atoms with van der Waals surface area (Å²) in [5.41, 5.74) is 1.19. The number of halogens is 1. The summed E-state index contributed by atoms with van der Waals surface area (Å²) in [4.78, 5) is 0. The number of rotatable bonds is 1. The van der Waals surface area contributed by atoms with E-state index in [0.29, 0.717) is 6.04 Å². The number of ether oxygens (including phenoxy) is 1. The van der Waals surface area contributed by atoms with Crippen LogP contribution in [0.3, 0.4) is 0 Å². The van der Waals surface area contributed by atoms with Crippen LogP contribution in [0, 0.1) is 6.92 Å². The number of aromatic nitrogens is 2. The van der Waals surface area contributed by atoms with Gasteiger partial charge in [0, 0.05) is 12.3 Å². The number of hydrogen-bond acceptors (Lipinski definition) is 2. The average Bonchev–Trinajstić information content (AvgIpc) is 2.64. The first-order valence-electron chi connectivity index (χ1n) is 4.06. The highest BCUT2D eigenvalue weighted by Gasteiger charge is 2.20. The van der Waals surface area contributed by atoms with E-state index in [2.05, 4.69) is 28.0 Å². The predicted octanol–water partition coefficient (Wildman–Crippen LogP) is 1.92. The lowest BCUT2D eigenvalue weighted by atomic mass is 10.2. The lowest BCUT2D eigenvalue weighted by molar-refractivity contribution is 0.184. The van der Waals surface area contributed by atoms with Gasteiger partial charge >= 0.3 is 0 Å². The molecule has 0 aromatic carbocycles. The first-order chi connectivity index (χ1) is 5.79. The summed E-state index contributed by atoms with van der Waals surface area (Å²) in [7, 11) is 0. The second-order valence-corrected chi connectivity index (χ2v) is 3.89. The first-order valence-corrected chi connectivity index (χ1v) is 4.85. The average molecular weight is 231 g/mol. The maximum atomic E-state index is 5.30. The van der Waals surface area contributed by atoms with E-state index in [-0.39, 0.29) is 0 Å². The van der Waals surface area contributed by atoms with Gasteiger partial charge < -0.3 is 4.74 Å². The Kier molecular flexibility index (Phi) is 2.19. The van der Waals surface area contributed by atoms with Gasteiger partial charge in [-0.1, -0.05) is 0 Å². The lowest BCUT2D eigenvalue weighted by Gasteiger charge is -2.10. The van der Waals surface area contributed by atoms with E-state index in [0.717, 1.165) is 24.1 Å². The van der Waals surface area contributed by atoms with Gasteiger partial charge in [0.2, 0.25) is 0 Å². The zero-order valence-corrected chi connectivity index (χ0v) is 8.54. The topological polar surface area (TPSA) is 27.1 Å². The van der Waals surface area contributed by atoms with Gasteiger partial charge in [0.1, 0.15) is 0 Å². The Morgan fingerprint density at radius 3 is 3.08 bits per heavy atom. The summed E-state index contributed by atoms with van der Waals surface area (Å²) < 4.78 is 8.42. The van der Waals surface area contributed by atoms with Crippen molar-refractivity contribution < 1.29 is 4.74 Å². The van der Waals surface area contributed by atoms with Crippen LogP contribution in [0.2, 0.25) is 0 Å². The molecular weight excluding hydrogens is 220 g/mol. The third kappa shape index (κ3) is 1.29. The number of hydrogen-bond donors (Lipinski definition) is 0. The van der Waals surface area contributed by atoms with Gasteiger partial charge in [0.15, 0.2) is 0 Å². The molecule has 2 rings (SSSR count). The normalized spacial score (nSPS) is 23.3. The zero-order chi connectivity index (χ0) is 8.55. The van der Waals surface area contributed by atoms with Crippen molar-refractivity contribution >= 4 is 15.9 Å². The van der Waals surface area contributed by atoms with Crippen LogP contribution in [-0.4, -0.2) is 23.0 Å². The van der Waals surface area contributed by atoms with E-state index in [1.165, 1.54) is 5.69 Å². The van der Waals surface area contributed by atoms with Crippen molar-refractivity contribution in [2.75, 3.05) is 13.2 Å². The molecule has 1 aromatic heterocycles. The molecule has 0 amide bonds. The minimum absolute atomic E-state index is 0.441. The molecule has 66 valence electrons. The Bertz CT molecular complexity index is 279. The molecule has 12 heavy (non-hydrogen) atoms. The summed E-state index contributed by atoms with van der Waals surface area (Å²) in [6.07, 6.45) is 2.92. The standard InChI is InChI=1S/C8H11BrN2O/c1-6-8(9)4-10-11(6)7-2-3-12-5-7/h4,7H,2-3,5H2,1H3. The molecule has 1 saturated heterocycles. The molecule has 0 saturated carbocycles. The van der Waals surface area contributed by atoms with Gasteiger partial charge in [-0.2, -0.15) is 5.10 Å². The molecular formula is C8H11BrN2O. The van der Waals surface area contributed by atoms with Crippen LogP contribution in [-0.2, 0) is 4.74 Å². The zero-order valence-electron chi connectivity index (χ0n) is 6.96. The highest BCUT2D eigenvalue weighted by molar-refractivity contribution is 9.10. The molecule has 1 aliphatic rings. The van der Waals surface area contributed by atoms with E-state index in [1.807, 2.05) is 10.9 Å². The summed E-state index contributed by atoms with van der Waals surface area (Å²) in [5.74, 6) is 0. The van der Waals surface area contributed by atoms with E-state index < -0.39 is 0 Å². The lowest BCUT2D eigenvalue weighted by Crippen LogP contribution is -2.11. The highest BCUT2D eigenvalue weighted by atomic mass is 79.9. The fourth-order valence-corrected chi connectivity index (χ4v) is 1.76. The monoisotopic (exact) mass is 230 g/mol. The molecule has 3 nitrogen and oxygen atoms in total. The van der Waals surface area contributed by atoms with Crippen LogP contribution >= 0.6 is 15.9 Å². The molecule has 1 unspecified atom stereocenters. The SMILES string of the molecule is Cc1c(Br)cnn1C1CCOC1. The third-order valence-electron chi connectivity index (χ3n) is 2.24. The van der Waals surface area contributed by atoms with Crippen LogP contribution in [0.15, 0.2) is 10.7 Å². The van der Waals surface area contributed by atoms with Gasteiger partial charge in [0.25, 0.3) is 0 Å². The second-order valence-electron chi connectivity index (χ2n) is 3.04. The van der Waals surface area contributed by atoms with Crippen molar-refractivity contribution in [3.8, 4) is 0 Å². The maximum absolute atomic E-state index is 5.30. The fourth-order valence-electron chi connectivity index (χ4n) is 1.49. The van der Waals surface area contributed by atoms with E-state index in [4.69, 9.17) is 4.74 Å². The van der Waals surface area contributed by atoms with Gasteiger partial charge in [-0.3, -0.25) is 4.68 Å². The molecule has 1 fully saturated rings. The second kappa shape index (κ2) is 3.18. The molecule has 0 spiro atoms. The maximum Gasteiger partial charge on any atom is 0.0778 e. The smallest absolute Gasteiger partial charge is 0.0778 e. The van der Waals surface area contributed by atoms with Crippen molar-refractivity contribution in [1.82, 2.24) is 9.78 Å². The molecule has 1 atom stereocenters. The van der Waals surface area contributed by atoms with Crippen molar-refractivity contribution in [3.63, 3.8) is 0 Å². The Morgan fingerprint density at radius 2 is 2.58 bits per heavy atom. The molecule has 1 aromatic rings. The van der Waals surface area contributed by atoms with Gasteiger partial charge in [-0.05, 0) is 29.3 Å². The molecule has 0 N–H and O–H groups in total. The minimum Gasteiger partial charge on any atom is -0.379 e. The minimum atomic E-state index is 0.441. The van der Waals surface area contributed by atoms with Crippen molar-refractivity contribution in [1.29, 1.82) is 0 Å². The van der Waals surface area contributed by atoms with E-state index in [9.17, 15) is 0 Å². The largest absolute Gasteiger partial charge is 0.379 e. The van der Waals surface area contributed by atoms with Crippen molar-refractivity contribution in [2.45, 2.75) is 19.4 Å². The Balaban J connectivity index is 2.26. The summed E-state index contributed by atoms with van der Waals surface area (Å²) in [6.45, 7) is 3.73. The quantitative estimate of drug-likeness (QED) is 0.738. The summed E-state index contributed by atoms with van der Waals surface area (Å²) >= 11 is 3.44. The van der Waals surface area contributed by atoms with Crippen molar-refractivity contribution in [3.05, 3.63) is 16.4 Å². The molecule has 2 heterocycles. The van der Waals surface area contributed by atoms with Gasteiger partial charge in [-0.25, -0.2) is 0 Å². The number of nitrogens with zero attached hydrogens (tertiary/aromatic N) is 2. The van der Waals surface area contributed by atoms with Gasteiger partial charge in [-0.15, -0.1) is 0 Å². The molecule has 0 aliphatic carbocycles. The van der Waals surface area contributed by atoms with Crippen LogP contribution in [0.5, 0.6) is 0 Å². The first kappa shape index (κ1) is 8.26. The van der Waals surface area contributed by atoms with Crippen molar-refractivity contribution in [2.24, 2.45) is 0 Å². The third-order valence-corrected chi connectivity index (χ3v) is 3.01. The Hall–Kier alpha value is -0.350. The Morgan fingerprint density at radius 1 is 1.75 bits per heavy atom.